The number of anilines is 2. The topological polar surface area (TPSA) is 108 Å². The number of benzene rings is 1. The number of carbonyl (C=O) groups excluding carboxylic acids is 1. The molecular formula is C18H19FN6O2. The summed E-state index contributed by atoms with van der Waals surface area (Å²) >= 11 is 0. The number of carbonyl (C=O) groups is 1. The van der Waals surface area contributed by atoms with Crippen LogP contribution >= 0.6 is 0 Å². The molecule has 1 atom stereocenters. The van der Waals surface area contributed by atoms with Crippen molar-refractivity contribution in [2.24, 2.45) is 7.05 Å². The van der Waals surface area contributed by atoms with Gasteiger partial charge in [0.15, 0.2) is 11.5 Å². The summed E-state index contributed by atoms with van der Waals surface area (Å²) in [6.07, 6.45) is -1.53. The first kappa shape index (κ1) is 18.3. The minimum absolute atomic E-state index is 0.284. The van der Waals surface area contributed by atoms with Crippen LogP contribution in [0.5, 0.6) is 0 Å². The van der Waals surface area contributed by atoms with E-state index >= 15 is 0 Å². The molecule has 27 heavy (non-hydrogen) atoms. The monoisotopic (exact) mass is 370 g/mol. The average molecular weight is 370 g/mol. The second kappa shape index (κ2) is 7.40. The van der Waals surface area contributed by atoms with Gasteiger partial charge in [0, 0.05) is 12.6 Å². The normalized spacial score (nSPS) is 11.9. The van der Waals surface area contributed by atoms with Crippen molar-refractivity contribution in [2.75, 3.05) is 11.1 Å². The molecule has 0 aliphatic heterocycles. The van der Waals surface area contributed by atoms with Crippen molar-refractivity contribution in [1.29, 1.82) is 0 Å². The summed E-state index contributed by atoms with van der Waals surface area (Å²) in [5.41, 5.74) is 8.14. The summed E-state index contributed by atoms with van der Waals surface area (Å²) in [5.74, 6) is -0.139. The van der Waals surface area contributed by atoms with Crippen LogP contribution in [0.15, 0.2) is 36.4 Å². The third kappa shape index (κ3) is 3.86. The molecule has 2 heterocycles. The summed E-state index contributed by atoms with van der Waals surface area (Å²) in [4.78, 5) is 16.7. The van der Waals surface area contributed by atoms with Gasteiger partial charge in [-0.15, -0.1) is 5.10 Å². The van der Waals surface area contributed by atoms with Gasteiger partial charge >= 0.3 is 6.09 Å². The molecular weight excluding hydrogens is 351 g/mol. The zero-order chi connectivity index (χ0) is 19.6. The number of hydrogen-bond acceptors (Lipinski definition) is 6. The Bertz CT molecular complexity index is 988. The summed E-state index contributed by atoms with van der Waals surface area (Å²) in [6, 6.07) is 9.51. The Labute approximate surface area is 155 Å². The zero-order valence-corrected chi connectivity index (χ0v) is 15.1. The highest BCUT2D eigenvalue weighted by Crippen LogP contribution is 2.26. The third-order valence-corrected chi connectivity index (χ3v) is 4.04. The molecule has 8 nitrogen and oxygen atoms in total. The van der Waals surface area contributed by atoms with E-state index in [0.717, 1.165) is 0 Å². The number of nitrogens with one attached hydrogen (secondary N) is 1. The average Bonchev–Trinajstić information content (AvgIpc) is 2.98. The largest absolute Gasteiger partial charge is 0.441 e. The van der Waals surface area contributed by atoms with Gasteiger partial charge in [0.2, 0.25) is 0 Å². The molecule has 3 rings (SSSR count). The van der Waals surface area contributed by atoms with Gasteiger partial charge in [-0.05, 0) is 32.0 Å². The predicted molar refractivity (Wildman–Crippen MR) is 98.3 cm³/mol. The minimum atomic E-state index is -0.771. The molecule has 3 aromatic rings. The zero-order valence-electron chi connectivity index (χ0n) is 15.1. The highest BCUT2D eigenvalue weighted by Gasteiger charge is 2.20. The lowest BCUT2D eigenvalue weighted by atomic mass is 10.1. The first-order valence-corrected chi connectivity index (χ1v) is 8.22. The summed E-state index contributed by atoms with van der Waals surface area (Å²) < 4.78 is 20.5. The van der Waals surface area contributed by atoms with E-state index in [0.29, 0.717) is 28.6 Å². The Morgan fingerprint density at radius 1 is 1.30 bits per heavy atom. The first-order chi connectivity index (χ1) is 12.9. The van der Waals surface area contributed by atoms with Gasteiger partial charge in [0.05, 0.1) is 17.1 Å². The maximum Gasteiger partial charge on any atom is 0.413 e. The van der Waals surface area contributed by atoms with Crippen molar-refractivity contribution in [3.63, 3.8) is 0 Å². The van der Waals surface area contributed by atoms with Gasteiger partial charge < -0.3 is 10.5 Å². The van der Waals surface area contributed by atoms with Crippen molar-refractivity contribution in [3.8, 4) is 11.4 Å². The minimum Gasteiger partial charge on any atom is -0.441 e. The number of amides is 1. The smallest absolute Gasteiger partial charge is 0.413 e. The summed E-state index contributed by atoms with van der Waals surface area (Å²) in [7, 11) is 1.62. The van der Waals surface area contributed by atoms with Crippen LogP contribution in [0.25, 0.3) is 11.4 Å². The lowest BCUT2D eigenvalue weighted by Crippen LogP contribution is -2.19. The van der Waals surface area contributed by atoms with Crippen LogP contribution < -0.4 is 11.1 Å². The van der Waals surface area contributed by atoms with Crippen LogP contribution in [0.3, 0.4) is 0 Å². The van der Waals surface area contributed by atoms with Gasteiger partial charge in [0.1, 0.15) is 11.9 Å². The molecule has 0 bridgehead atoms. The Balaban J connectivity index is 1.79. The van der Waals surface area contributed by atoms with E-state index in [4.69, 9.17) is 10.5 Å². The Hall–Kier alpha value is -3.49. The molecule has 0 fully saturated rings. The molecule has 0 aliphatic carbocycles. The number of rotatable bonds is 4. The number of nitrogens with zero attached hydrogens (tertiary/aromatic N) is 4. The van der Waals surface area contributed by atoms with Crippen LogP contribution in [0.1, 0.15) is 24.3 Å². The third-order valence-electron chi connectivity index (χ3n) is 4.04. The fraction of sp³-hybridized carbons (Fsp3) is 0.222. The van der Waals surface area contributed by atoms with Crippen molar-refractivity contribution < 1.29 is 13.9 Å². The number of halogens is 1. The number of pyridine rings is 1. The van der Waals surface area contributed by atoms with E-state index in [2.05, 4.69) is 20.6 Å². The second-order valence-corrected chi connectivity index (χ2v) is 5.98. The fourth-order valence-electron chi connectivity index (χ4n) is 2.53. The molecule has 0 spiro atoms. The second-order valence-electron chi connectivity index (χ2n) is 5.98. The lowest BCUT2D eigenvalue weighted by molar-refractivity contribution is 0.119. The Morgan fingerprint density at radius 2 is 2.04 bits per heavy atom. The molecule has 3 N–H and O–H groups in total. The number of hydrogen-bond donors (Lipinski definition) is 2. The molecule has 0 unspecified atom stereocenters. The van der Waals surface area contributed by atoms with Crippen molar-refractivity contribution in [2.45, 2.75) is 20.0 Å². The van der Waals surface area contributed by atoms with Crippen molar-refractivity contribution >= 4 is 17.6 Å². The van der Waals surface area contributed by atoms with E-state index in [1.807, 2.05) is 0 Å². The number of ether oxygens (including phenoxy) is 1. The standard InChI is InChI=1S/C18H19FN6O2/c1-10-14(20)8-9-15(21-10)16-17(25(3)24-23-16)22-18(26)27-11(2)12-6-4-5-7-13(12)19/h4-9,11H,20H2,1-3H3,(H,22,26)/t11-/m1/s1. The van der Waals surface area contributed by atoms with Gasteiger partial charge in [0.25, 0.3) is 0 Å². The predicted octanol–water partition coefficient (Wildman–Crippen LogP) is 3.22. The van der Waals surface area contributed by atoms with Crippen LogP contribution in [-0.4, -0.2) is 26.1 Å². The van der Waals surface area contributed by atoms with E-state index in [1.54, 1.807) is 51.2 Å². The summed E-state index contributed by atoms with van der Waals surface area (Å²) in [5, 5.41) is 10.5. The fourth-order valence-corrected chi connectivity index (χ4v) is 2.53. The molecule has 9 heteroatoms. The summed E-state index contributed by atoms with van der Waals surface area (Å²) in [6.45, 7) is 3.36. The maximum atomic E-state index is 13.8. The molecule has 0 radical (unpaired) electrons. The lowest BCUT2D eigenvalue weighted by Gasteiger charge is -2.15. The first-order valence-electron chi connectivity index (χ1n) is 8.22. The number of nitrogen functional groups attached to an aromatic ring is 1. The van der Waals surface area contributed by atoms with E-state index in [-0.39, 0.29) is 5.56 Å². The van der Waals surface area contributed by atoms with Gasteiger partial charge in [-0.2, -0.15) is 0 Å². The molecule has 0 saturated carbocycles. The number of aromatic nitrogens is 4. The SMILES string of the molecule is Cc1nc(-c2nnn(C)c2NC(=O)O[C@H](C)c2ccccc2F)ccc1N. The molecule has 0 aliphatic rings. The van der Waals surface area contributed by atoms with Crippen LogP contribution in [0.4, 0.5) is 20.7 Å². The number of nitrogens with two attached hydrogens (primary N) is 1. The molecule has 1 aromatic carbocycles. The molecule has 1 amide bonds. The van der Waals surface area contributed by atoms with Gasteiger partial charge in [-0.25, -0.2) is 18.9 Å². The Kier molecular flexibility index (Phi) is 5.02. The van der Waals surface area contributed by atoms with E-state index < -0.39 is 18.0 Å². The Morgan fingerprint density at radius 3 is 2.74 bits per heavy atom. The quantitative estimate of drug-likeness (QED) is 0.730. The van der Waals surface area contributed by atoms with Crippen LogP contribution in [0.2, 0.25) is 0 Å². The molecule has 140 valence electrons. The van der Waals surface area contributed by atoms with Crippen molar-refractivity contribution in [3.05, 3.63) is 53.5 Å². The highest BCUT2D eigenvalue weighted by molar-refractivity contribution is 5.88. The van der Waals surface area contributed by atoms with Crippen molar-refractivity contribution in [1.82, 2.24) is 20.0 Å². The number of aryl methyl sites for hydroxylation is 2. The van der Waals surface area contributed by atoms with Gasteiger partial charge in [-0.3, -0.25) is 5.32 Å². The molecule has 2 aromatic heterocycles. The van der Waals surface area contributed by atoms with Crippen LogP contribution in [-0.2, 0) is 11.8 Å². The highest BCUT2D eigenvalue weighted by atomic mass is 19.1. The van der Waals surface area contributed by atoms with Crippen LogP contribution in [0, 0.1) is 12.7 Å². The maximum absolute atomic E-state index is 13.8. The molecule has 0 saturated heterocycles. The van der Waals surface area contributed by atoms with E-state index in [1.165, 1.54) is 10.7 Å². The van der Waals surface area contributed by atoms with Gasteiger partial charge in [-0.1, -0.05) is 23.4 Å². The van der Waals surface area contributed by atoms with E-state index in [9.17, 15) is 9.18 Å².